The third kappa shape index (κ3) is 5.17. The van der Waals surface area contributed by atoms with Gasteiger partial charge in [0.1, 0.15) is 12.3 Å². The molecule has 2 aromatic heterocycles. The molecule has 0 aliphatic rings. The van der Waals surface area contributed by atoms with E-state index in [0.29, 0.717) is 22.7 Å². The molecule has 0 spiro atoms. The summed E-state index contributed by atoms with van der Waals surface area (Å²) in [4.78, 5) is 35.0. The minimum absolute atomic E-state index is 0.0766. The Bertz CT molecular complexity index is 1090. The number of hydrogen-bond acceptors (Lipinski definition) is 5. The number of ether oxygens (including phenoxy) is 1. The van der Waals surface area contributed by atoms with Gasteiger partial charge in [-0.3, -0.25) is 14.6 Å². The lowest BCUT2D eigenvalue weighted by Crippen LogP contribution is -2.31. The van der Waals surface area contributed by atoms with E-state index in [0.717, 1.165) is 16.3 Å². The van der Waals surface area contributed by atoms with E-state index in [1.54, 1.807) is 42.1 Å². The summed E-state index contributed by atoms with van der Waals surface area (Å²) in [6.07, 6.45) is 1.68. The monoisotopic (exact) mass is 410 g/mol. The Morgan fingerprint density at radius 1 is 1.21 bits per heavy atom. The first-order valence-corrected chi connectivity index (χ1v) is 9.86. The molecule has 1 aromatic carbocycles. The summed E-state index contributed by atoms with van der Waals surface area (Å²) in [5.74, 6) is 0.0333. The normalized spacial score (nSPS) is 11.3. The molecule has 29 heavy (non-hydrogen) atoms. The molecule has 2 amide bonds. The van der Waals surface area contributed by atoms with Crippen molar-refractivity contribution in [3.05, 3.63) is 75.3 Å². The summed E-state index contributed by atoms with van der Waals surface area (Å²) in [5.41, 5.74) is 2.11. The van der Waals surface area contributed by atoms with Crippen LogP contribution in [-0.4, -0.2) is 28.5 Å². The van der Waals surface area contributed by atoms with Crippen molar-refractivity contribution in [1.82, 2.24) is 14.9 Å². The average Bonchev–Trinajstić information content (AvgIpc) is 3.00. The first-order chi connectivity index (χ1) is 14.0. The highest BCUT2D eigenvalue weighted by atomic mass is 32.1. The standard InChI is InChI=1S/C21H22N4O3S/c1-14-15(2)29-21(24-20(27)16-7-6-9-18(11-16)28-3)25(14)13-19(26)23-12-17-8-4-5-10-22-17/h4-11H,12-13H2,1-3H3,(H,23,26). The zero-order valence-electron chi connectivity index (χ0n) is 16.5. The maximum Gasteiger partial charge on any atom is 0.279 e. The average molecular weight is 410 g/mol. The fourth-order valence-electron chi connectivity index (χ4n) is 2.67. The Kier molecular flexibility index (Phi) is 6.56. The van der Waals surface area contributed by atoms with Crippen LogP contribution >= 0.6 is 11.3 Å². The number of pyridine rings is 1. The van der Waals surface area contributed by atoms with Gasteiger partial charge in [-0.25, -0.2) is 0 Å². The highest BCUT2D eigenvalue weighted by molar-refractivity contribution is 7.09. The van der Waals surface area contributed by atoms with Gasteiger partial charge in [0.2, 0.25) is 5.91 Å². The van der Waals surface area contributed by atoms with Gasteiger partial charge in [-0.1, -0.05) is 12.1 Å². The van der Waals surface area contributed by atoms with E-state index in [1.807, 2.05) is 32.0 Å². The Hall–Kier alpha value is -3.26. The first kappa shape index (κ1) is 20.5. The predicted molar refractivity (Wildman–Crippen MR) is 111 cm³/mol. The van der Waals surface area contributed by atoms with Crippen LogP contribution in [0.5, 0.6) is 5.75 Å². The maximum absolute atomic E-state index is 12.6. The Morgan fingerprint density at radius 3 is 2.76 bits per heavy atom. The molecule has 3 aromatic rings. The zero-order chi connectivity index (χ0) is 20.8. The molecule has 0 bridgehead atoms. The highest BCUT2D eigenvalue weighted by Gasteiger charge is 2.13. The Morgan fingerprint density at radius 2 is 2.03 bits per heavy atom. The van der Waals surface area contributed by atoms with Crippen molar-refractivity contribution in [1.29, 1.82) is 0 Å². The van der Waals surface area contributed by atoms with Gasteiger partial charge >= 0.3 is 0 Å². The van der Waals surface area contributed by atoms with E-state index in [1.165, 1.54) is 11.3 Å². The number of aryl methyl sites for hydroxylation is 1. The topological polar surface area (TPSA) is 85.6 Å². The van der Waals surface area contributed by atoms with E-state index in [4.69, 9.17) is 4.74 Å². The van der Waals surface area contributed by atoms with Crippen LogP contribution in [0.15, 0.2) is 53.7 Å². The third-order valence-electron chi connectivity index (χ3n) is 4.40. The summed E-state index contributed by atoms with van der Waals surface area (Å²) < 4.78 is 6.92. The van der Waals surface area contributed by atoms with Gasteiger partial charge in [0, 0.05) is 22.3 Å². The van der Waals surface area contributed by atoms with Crippen LogP contribution < -0.4 is 14.9 Å². The van der Waals surface area contributed by atoms with Crippen LogP contribution in [0, 0.1) is 13.8 Å². The van der Waals surface area contributed by atoms with Gasteiger partial charge < -0.3 is 14.6 Å². The van der Waals surface area contributed by atoms with Gasteiger partial charge in [0.15, 0.2) is 4.80 Å². The van der Waals surface area contributed by atoms with Crippen molar-refractivity contribution in [2.24, 2.45) is 4.99 Å². The Balaban J connectivity index is 1.80. The van der Waals surface area contributed by atoms with Gasteiger partial charge in [0.25, 0.3) is 5.91 Å². The van der Waals surface area contributed by atoms with Crippen LogP contribution in [0.3, 0.4) is 0 Å². The molecule has 0 radical (unpaired) electrons. The van der Waals surface area contributed by atoms with E-state index in [-0.39, 0.29) is 18.4 Å². The molecule has 0 aliphatic heterocycles. The largest absolute Gasteiger partial charge is 0.497 e. The van der Waals surface area contributed by atoms with Gasteiger partial charge in [-0.05, 0) is 44.2 Å². The minimum Gasteiger partial charge on any atom is -0.497 e. The van der Waals surface area contributed by atoms with Crippen molar-refractivity contribution in [3.63, 3.8) is 0 Å². The lowest BCUT2D eigenvalue weighted by atomic mass is 10.2. The van der Waals surface area contributed by atoms with Crippen LogP contribution in [0.25, 0.3) is 0 Å². The number of rotatable bonds is 6. The van der Waals surface area contributed by atoms with E-state index >= 15 is 0 Å². The fraction of sp³-hybridized carbons (Fsp3) is 0.238. The summed E-state index contributed by atoms with van der Waals surface area (Å²) in [5, 5.41) is 2.85. The van der Waals surface area contributed by atoms with Crippen LogP contribution in [0.2, 0.25) is 0 Å². The molecular formula is C21H22N4O3S. The number of methoxy groups -OCH3 is 1. The van der Waals surface area contributed by atoms with E-state index < -0.39 is 0 Å². The molecule has 0 saturated carbocycles. The number of nitrogens with zero attached hydrogens (tertiary/aromatic N) is 3. The van der Waals surface area contributed by atoms with Crippen molar-refractivity contribution in [2.75, 3.05) is 7.11 Å². The second-order valence-electron chi connectivity index (χ2n) is 6.36. The first-order valence-electron chi connectivity index (χ1n) is 9.04. The van der Waals surface area contributed by atoms with Crippen molar-refractivity contribution < 1.29 is 14.3 Å². The second kappa shape index (κ2) is 9.29. The molecule has 150 valence electrons. The molecule has 1 N–H and O–H groups in total. The summed E-state index contributed by atoms with van der Waals surface area (Å²) in [6, 6.07) is 12.4. The number of carbonyl (C=O) groups excluding carboxylic acids is 2. The number of amides is 2. The molecule has 2 heterocycles. The number of benzene rings is 1. The van der Waals surface area contributed by atoms with Gasteiger partial charge in [0.05, 0.1) is 19.3 Å². The van der Waals surface area contributed by atoms with Gasteiger partial charge in [-0.15, -0.1) is 11.3 Å². The van der Waals surface area contributed by atoms with Crippen LogP contribution in [0.4, 0.5) is 0 Å². The Labute approximate surface area is 172 Å². The molecule has 0 atom stereocenters. The molecule has 0 unspecified atom stereocenters. The van der Waals surface area contributed by atoms with Crippen LogP contribution in [0.1, 0.15) is 26.6 Å². The van der Waals surface area contributed by atoms with E-state index in [9.17, 15) is 9.59 Å². The molecule has 3 rings (SSSR count). The molecule has 0 aliphatic carbocycles. The molecule has 0 saturated heterocycles. The summed E-state index contributed by atoms with van der Waals surface area (Å²) in [7, 11) is 1.55. The van der Waals surface area contributed by atoms with Crippen molar-refractivity contribution in [2.45, 2.75) is 26.9 Å². The number of aromatic nitrogens is 2. The lowest BCUT2D eigenvalue weighted by Gasteiger charge is -2.08. The van der Waals surface area contributed by atoms with Gasteiger partial charge in [-0.2, -0.15) is 4.99 Å². The lowest BCUT2D eigenvalue weighted by molar-refractivity contribution is -0.121. The zero-order valence-corrected chi connectivity index (χ0v) is 17.3. The number of hydrogen-bond donors (Lipinski definition) is 1. The fourth-order valence-corrected chi connectivity index (χ4v) is 3.64. The highest BCUT2D eigenvalue weighted by Crippen LogP contribution is 2.14. The number of carbonyl (C=O) groups is 2. The molecule has 0 fully saturated rings. The summed E-state index contributed by atoms with van der Waals surface area (Å²) >= 11 is 1.38. The summed E-state index contributed by atoms with van der Waals surface area (Å²) in [6.45, 7) is 4.27. The molecular weight excluding hydrogens is 388 g/mol. The smallest absolute Gasteiger partial charge is 0.279 e. The third-order valence-corrected chi connectivity index (χ3v) is 5.49. The molecule has 7 nitrogen and oxygen atoms in total. The number of thiazole rings is 1. The second-order valence-corrected chi connectivity index (χ2v) is 7.54. The number of nitrogens with one attached hydrogen (secondary N) is 1. The van der Waals surface area contributed by atoms with Crippen molar-refractivity contribution >= 4 is 23.2 Å². The van der Waals surface area contributed by atoms with Crippen molar-refractivity contribution in [3.8, 4) is 5.75 Å². The quantitative estimate of drug-likeness (QED) is 0.677. The van der Waals surface area contributed by atoms with Crippen LogP contribution in [-0.2, 0) is 17.9 Å². The predicted octanol–water partition coefficient (Wildman–Crippen LogP) is 2.63. The van der Waals surface area contributed by atoms with E-state index in [2.05, 4.69) is 15.3 Å². The minimum atomic E-state index is -0.382. The maximum atomic E-state index is 12.6. The SMILES string of the molecule is COc1cccc(C(=O)N=c2sc(C)c(C)n2CC(=O)NCc2ccccn2)c1. The molecule has 8 heteroatoms.